The highest BCUT2D eigenvalue weighted by Gasteiger charge is 2.42. The van der Waals surface area contributed by atoms with Crippen molar-refractivity contribution in [3.05, 3.63) is 22.2 Å². The normalized spacial score (nSPS) is 18.0. The lowest BCUT2D eigenvalue weighted by Crippen LogP contribution is -2.41. The van der Waals surface area contributed by atoms with Crippen LogP contribution in [-0.4, -0.2) is 16.7 Å². The van der Waals surface area contributed by atoms with Crippen LogP contribution in [0, 0.1) is 6.92 Å². The maximum absolute atomic E-state index is 5.83. The van der Waals surface area contributed by atoms with Crippen molar-refractivity contribution < 1.29 is 4.52 Å². The minimum Gasteiger partial charge on any atom is -0.338 e. The van der Waals surface area contributed by atoms with Crippen molar-refractivity contribution in [2.24, 2.45) is 5.73 Å². The second-order valence-electron chi connectivity index (χ2n) is 4.73. The first kappa shape index (κ1) is 10.9. The first-order valence-electron chi connectivity index (χ1n) is 5.83. The molecule has 0 unspecified atom stereocenters. The Balaban J connectivity index is 1.96. The van der Waals surface area contributed by atoms with Gasteiger partial charge in [0.25, 0.3) is 0 Å². The second-order valence-corrected chi connectivity index (χ2v) is 5.47. The van der Waals surface area contributed by atoms with Gasteiger partial charge in [-0.1, -0.05) is 11.6 Å². The predicted octanol–water partition coefficient (Wildman–Crippen LogP) is 2.49. The molecule has 2 aromatic rings. The quantitative estimate of drug-likeness (QED) is 0.907. The van der Waals surface area contributed by atoms with Gasteiger partial charge in [-0.2, -0.15) is 16.3 Å². The molecule has 5 heteroatoms. The summed E-state index contributed by atoms with van der Waals surface area (Å²) in [5.74, 6) is 1.41. The standard InChI is InChI=1S/C12H15N3OS/c1-8-5-17-6-9(8)10-14-11(16-15-10)12(7-13)3-2-4-12/h5-6H,2-4,7,13H2,1H3. The van der Waals surface area contributed by atoms with Crippen molar-refractivity contribution in [1.29, 1.82) is 0 Å². The fraction of sp³-hybridized carbons (Fsp3) is 0.500. The molecule has 1 aliphatic carbocycles. The van der Waals surface area contributed by atoms with Crippen LogP contribution in [-0.2, 0) is 5.41 Å². The highest BCUT2D eigenvalue weighted by Crippen LogP contribution is 2.42. The van der Waals surface area contributed by atoms with Gasteiger partial charge in [-0.3, -0.25) is 0 Å². The van der Waals surface area contributed by atoms with Crippen LogP contribution in [0.25, 0.3) is 11.4 Å². The van der Waals surface area contributed by atoms with E-state index in [1.807, 2.05) is 0 Å². The summed E-state index contributed by atoms with van der Waals surface area (Å²) < 4.78 is 5.41. The topological polar surface area (TPSA) is 64.9 Å². The van der Waals surface area contributed by atoms with Gasteiger partial charge in [0.2, 0.25) is 11.7 Å². The molecular weight excluding hydrogens is 234 g/mol. The van der Waals surface area contributed by atoms with Crippen molar-refractivity contribution in [1.82, 2.24) is 10.1 Å². The van der Waals surface area contributed by atoms with Crippen LogP contribution in [0.15, 0.2) is 15.3 Å². The molecular formula is C12H15N3OS. The molecule has 2 N–H and O–H groups in total. The highest BCUT2D eigenvalue weighted by atomic mass is 32.1. The largest absolute Gasteiger partial charge is 0.338 e. The summed E-state index contributed by atoms with van der Waals surface area (Å²) in [5, 5.41) is 8.23. The second kappa shape index (κ2) is 3.92. The molecule has 2 heterocycles. The lowest BCUT2D eigenvalue weighted by Gasteiger charge is -2.36. The summed E-state index contributed by atoms with van der Waals surface area (Å²) in [6.07, 6.45) is 3.33. The van der Waals surface area contributed by atoms with E-state index in [9.17, 15) is 0 Å². The van der Waals surface area contributed by atoms with Gasteiger partial charge in [0.15, 0.2) is 0 Å². The molecule has 0 radical (unpaired) electrons. The number of hydrogen-bond donors (Lipinski definition) is 1. The summed E-state index contributed by atoms with van der Waals surface area (Å²) in [7, 11) is 0. The number of nitrogens with two attached hydrogens (primary N) is 1. The zero-order chi connectivity index (χ0) is 11.9. The van der Waals surface area contributed by atoms with Crippen LogP contribution in [0.3, 0.4) is 0 Å². The first-order chi connectivity index (χ1) is 8.25. The van der Waals surface area contributed by atoms with Gasteiger partial charge in [-0.05, 0) is 30.7 Å². The molecule has 0 atom stereocenters. The lowest BCUT2D eigenvalue weighted by molar-refractivity contribution is 0.182. The third kappa shape index (κ3) is 1.61. The number of rotatable bonds is 3. The SMILES string of the molecule is Cc1cscc1-c1noc(C2(CN)CCC2)n1. The van der Waals surface area contributed by atoms with E-state index >= 15 is 0 Å². The maximum Gasteiger partial charge on any atom is 0.234 e. The third-order valence-corrected chi connectivity index (χ3v) is 4.54. The molecule has 0 saturated heterocycles. The molecule has 0 aliphatic heterocycles. The number of thiophene rings is 1. The summed E-state index contributed by atoms with van der Waals surface area (Å²) in [6, 6.07) is 0. The fourth-order valence-electron chi connectivity index (χ4n) is 2.25. The zero-order valence-electron chi connectivity index (χ0n) is 9.77. The maximum atomic E-state index is 5.83. The number of aromatic nitrogens is 2. The van der Waals surface area contributed by atoms with Crippen LogP contribution >= 0.6 is 11.3 Å². The van der Waals surface area contributed by atoms with Crippen LogP contribution in [0.1, 0.15) is 30.7 Å². The number of aryl methyl sites for hydroxylation is 1. The molecule has 2 aromatic heterocycles. The van der Waals surface area contributed by atoms with Gasteiger partial charge >= 0.3 is 0 Å². The van der Waals surface area contributed by atoms with Gasteiger partial charge < -0.3 is 10.3 Å². The van der Waals surface area contributed by atoms with E-state index in [0.717, 1.165) is 18.4 Å². The molecule has 1 fully saturated rings. The fourth-order valence-corrected chi connectivity index (χ4v) is 3.07. The van der Waals surface area contributed by atoms with Crippen molar-refractivity contribution in [3.63, 3.8) is 0 Å². The van der Waals surface area contributed by atoms with Crippen molar-refractivity contribution in [2.45, 2.75) is 31.6 Å². The Hall–Kier alpha value is -1.20. The molecule has 3 rings (SSSR count). The van der Waals surface area contributed by atoms with E-state index in [2.05, 4.69) is 27.8 Å². The molecule has 1 saturated carbocycles. The Labute approximate surface area is 104 Å². The van der Waals surface area contributed by atoms with Gasteiger partial charge in [-0.25, -0.2) is 0 Å². The molecule has 1 aliphatic rings. The smallest absolute Gasteiger partial charge is 0.234 e. The van der Waals surface area contributed by atoms with E-state index in [0.29, 0.717) is 18.3 Å². The Morgan fingerprint density at radius 2 is 2.29 bits per heavy atom. The van der Waals surface area contributed by atoms with E-state index in [4.69, 9.17) is 10.3 Å². The molecule has 0 aromatic carbocycles. The molecule has 0 bridgehead atoms. The minimum atomic E-state index is -0.0465. The predicted molar refractivity (Wildman–Crippen MR) is 66.9 cm³/mol. The Kier molecular flexibility index (Phi) is 2.52. The van der Waals surface area contributed by atoms with Crippen molar-refractivity contribution in [3.8, 4) is 11.4 Å². The monoisotopic (exact) mass is 249 g/mol. The van der Waals surface area contributed by atoms with Gasteiger partial charge in [0.1, 0.15) is 0 Å². The van der Waals surface area contributed by atoms with Crippen molar-refractivity contribution in [2.75, 3.05) is 6.54 Å². The van der Waals surface area contributed by atoms with E-state index in [-0.39, 0.29) is 5.41 Å². The molecule has 0 amide bonds. The highest BCUT2D eigenvalue weighted by molar-refractivity contribution is 7.08. The minimum absolute atomic E-state index is 0.0465. The Bertz CT molecular complexity index is 522. The molecule has 0 spiro atoms. The van der Waals surface area contributed by atoms with Gasteiger partial charge in [0.05, 0.1) is 5.41 Å². The number of nitrogens with zero attached hydrogens (tertiary/aromatic N) is 2. The summed E-state index contributed by atoms with van der Waals surface area (Å²) in [6.45, 7) is 2.65. The van der Waals surface area contributed by atoms with Gasteiger partial charge in [0, 0.05) is 17.5 Å². The van der Waals surface area contributed by atoms with Crippen LogP contribution in [0.5, 0.6) is 0 Å². The van der Waals surface area contributed by atoms with Crippen molar-refractivity contribution >= 4 is 11.3 Å². The van der Waals surface area contributed by atoms with Crippen LogP contribution in [0.2, 0.25) is 0 Å². The average molecular weight is 249 g/mol. The average Bonchev–Trinajstić information content (AvgIpc) is 2.86. The van der Waals surface area contributed by atoms with E-state index in [1.54, 1.807) is 11.3 Å². The van der Waals surface area contributed by atoms with Crippen LogP contribution < -0.4 is 5.73 Å². The van der Waals surface area contributed by atoms with Gasteiger partial charge in [-0.15, -0.1) is 0 Å². The third-order valence-electron chi connectivity index (χ3n) is 3.68. The molecule has 4 nitrogen and oxygen atoms in total. The Morgan fingerprint density at radius 1 is 1.47 bits per heavy atom. The summed E-state index contributed by atoms with van der Waals surface area (Å²) in [5.41, 5.74) is 8.05. The summed E-state index contributed by atoms with van der Waals surface area (Å²) in [4.78, 5) is 4.53. The molecule has 17 heavy (non-hydrogen) atoms. The number of hydrogen-bond acceptors (Lipinski definition) is 5. The Morgan fingerprint density at radius 3 is 2.82 bits per heavy atom. The summed E-state index contributed by atoms with van der Waals surface area (Å²) >= 11 is 1.66. The first-order valence-corrected chi connectivity index (χ1v) is 6.77. The van der Waals surface area contributed by atoms with E-state index in [1.165, 1.54) is 12.0 Å². The molecule has 90 valence electrons. The lowest BCUT2D eigenvalue weighted by atomic mass is 9.69. The zero-order valence-corrected chi connectivity index (χ0v) is 10.6. The van der Waals surface area contributed by atoms with E-state index < -0.39 is 0 Å². The van der Waals surface area contributed by atoms with Crippen LogP contribution in [0.4, 0.5) is 0 Å².